The summed E-state index contributed by atoms with van der Waals surface area (Å²) in [5.74, 6) is 0. The summed E-state index contributed by atoms with van der Waals surface area (Å²) < 4.78 is 4.21. The van der Waals surface area contributed by atoms with E-state index in [9.17, 15) is 0 Å². The first-order valence-corrected chi connectivity index (χ1v) is 4.39. The highest BCUT2D eigenvalue weighted by Gasteiger charge is 1.99. The smallest absolute Gasteiger partial charge is 0.243 e. The maximum absolute atomic E-state index is 2.16. The van der Waals surface area contributed by atoms with E-state index in [1.54, 1.807) is 0 Å². The number of imidazole rings is 1. The molecule has 0 spiro atoms. The zero-order valence-corrected chi connectivity index (χ0v) is 10.3. The summed E-state index contributed by atoms with van der Waals surface area (Å²) in [5.41, 5.74) is 1.33. The molecule has 0 radical (unpaired) electrons. The van der Waals surface area contributed by atoms with Gasteiger partial charge in [-0.15, -0.1) is 0 Å². The van der Waals surface area contributed by atoms with Crippen LogP contribution in [0.3, 0.4) is 0 Å². The second kappa shape index (κ2) is 5.14. The van der Waals surface area contributed by atoms with Crippen molar-refractivity contribution in [1.29, 1.82) is 0 Å². The van der Waals surface area contributed by atoms with Crippen LogP contribution in [0.4, 0.5) is 0 Å². The molecule has 0 aliphatic heterocycles. The Morgan fingerprint density at radius 2 is 1.93 bits per heavy atom. The van der Waals surface area contributed by atoms with Crippen molar-refractivity contribution in [3.05, 3.63) is 54.6 Å². The van der Waals surface area contributed by atoms with Gasteiger partial charge >= 0.3 is 0 Å². The van der Waals surface area contributed by atoms with E-state index in [2.05, 4.69) is 41.4 Å². The van der Waals surface area contributed by atoms with Crippen LogP contribution in [-0.2, 0) is 13.6 Å². The van der Waals surface area contributed by atoms with E-state index in [1.165, 1.54) is 5.56 Å². The van der Waals surface area contributed by atoms with Gasteiger partial charge in [0, 0.05) is 0 Å². The highest BCUT2D eigenvalue weighted by atomic mass is 127. The number of aromatic nitrogens is 2. The Bertz CT molecular complexity index is 381. The predicted octanol–water partition coefficient (Wildman–Crippen LogP) is -1.64. The summed E-state index contributed by atoms with van der Waals surface area (Å²) >= 11 is 0. The van der Waals surface area contributed by atoms with Gasteiger partial charge < -0.3 is 24.0 Å². The van der Waals surface area contributed by atoms with Crippen LogP contribution in [0.2, 0.25) is 0 Å². The van der Waals surface area contributed by atoms with Crippen molar-refractivity contribution in [2.45, 2.75) is 6.54 Å². The molecule has 0 aliphatic rings. The van der Waals surface area contributed by atoms with E-state index in [1.807, 2.05) is 23.9 Å². The van der Waals surface area contributed by atoms with Gasteiger partial charge in [0.25, 0.3) is 0 Å². The monoisotopic (exact) mass is 300 g/mol. The molecule has 0 amide bonds. The molecule has 0 bridgehead atoms. The van der Waals surface area contributed by atoms with E-state index in [-0.39, 0.29) is 24.0 Å². The van der Waals surface area contributed by atoms with Crippen molar-refractivity contribution in [2.75, 3.05) is 0 Å². The first-order valence-electron chi connectivity index (χ1n) is 4.39. The quantitative estimate of drug-likeness (QED) is 0.465. The minimum absolute atomic E-state index is 0. The first kappa shape index (κ1) is 11.2. The molecule has 2 nitrogen and oxygen atoms in total. The molecule has 0 N–H and O–H groups in total. The Labute approximate surface area is 101 Å². The average Bonchev–Trinajstić information content (AvgIpc) is 2.53. The lowest BCUT2D eigenvalue weighted by molar-refractivity contribution is -0.671. The summed E-state index contributed by atoms with van der Waals surface area (Å²) in [7, 11) is 2.03. The summed E-state index contributed by atoms with van der Waals surface area (Å²) in [5, 5.41) is 0. The average molecular weight is 300 g/mol. The largest absolute Gasteiger partial charge is 1.00 e. The third kappa shape index (κ3) is 2.83. The molecule has 0 unspecified atom stereocenters. The molecule has 74 valence electrons. The SMILES string of the molecule is C[n+]1ccn(Cc2ccccc2)c1.[I-]. The fourth-order valence-electron chi connectivity index (χ4n) is 1.39. The van der Waals surface area contributed by atoms with Crippen molar-refractivity contribution < 1.29 is 28.5 Å². The maximum Gasteiger partial charge on any atom is 0.243 e. The van der Waals surface area contributed by atoms with Gasteiger partial charge in [-0.1, -0.05) is 30.3 Å². The molecule has 3 heteroatoms. The number of nitrogens with zero attached hydrogens (tertiary/aromatic N) is 2. The minimum atomic E-state index is 0. The number of hydrogen-bond donors (Lipinski definition) is 0. The Balaban J connectivity index is 0.000000980. The van der Waals surface area contributed by atoms with Crippen molar-refractivity contribution >= 4 is 0 Å². The standard InChI is InChI=1S/C11H13N2.HI/c1-12-7-8-13(10-12)9-11-5-3-2-4-6-11;/h2-8,10H,9H2,1H3;1H/q+1;/p-1. The molecule has 1 heterocycles. The van der Waals surface area contributed by atoms with E-state index in [0.717, 1.165) is 6.54 Å². The molecule has 1 aromatic heterocycles. The van der Waals surface area contributed by atoms with Crippen LogP contribution in [0.15, 0.2) is 49.1 Å². The van der Waals surface area contributed by atoms with E-state index in [4.69, 9.17) is 0 Å². The lowest BCUT2D eigenvalue weighted by atomic mass is 10.2. The molecule has 2 rings (SSSR count). The van der Waals surface area contributed by atoms with Crippen molar-refractivity contribution in [1.82, 2.24) is 4.57 Å². The fraction of sp³-hybridized carbons (Fsp3) is 0.182. The van der Waals surface area contributed by atoms with Crippen LogP contribution in [0, 0.1) is 0 Å². The maximum atomic E-state index is 2.16. The molecular formula is C11H13IN2. The predicted molar refractivity (Wildman–Crippen MR) is 51.2 cm³/mol. The first-order chi connectivity index (χ1) is 6.34. The summed E-state index contributed by atoms with van der Waals surface area (Å²) in [4.78, 5) is 0. The molecule has 0 saturated carbocycles. The molecule has 0 aliphatic carbocycles. The van der Waals surface area contributed by atoms with Gasteiger partial charge in [-0.05, 0) is 5.56 Å². The third-order valence-corrected chi connectivity index (χ3v) is 2.03. The van der Waals surface area contributed by atoms with Crippen molar-refractivity contribution in [2.24, 2.45) is 7.05 Å². The summed E-state index contributed by atoms with van der Waals surface area (Å²) in [6.45, 7) is 0.946. The fourth-order valence-corrected chi connectivity index (χ4v) is 1.39. The molecule has 0 atom stereocenters. The van der Waals surface area contributed by atoms with E-state index >= 15 is 0 Å². The van der Waals surface area contributed by atoms with Crippen molar-refractivity contribution in [3.8, 4) is 0 Å². The van der Waals surface area contributed by atoms with Crippen LogP contribution in [0.5, 0.6) is 0 Å². The van der Waals surface area contributed by atoms with Gasteiger partial charge in [-0.25, -0.2) is 9.13 Å². The summed E-state index contributed by atoms with van der Waals surface area (Å²) in [6.07, 6.45) is 6.20. The molecule has 0 fully saturated rings. The topological polar surface area (TPSA) is 8.81 Å². The van der Waals surface area contributed by atoms with Crippen LogP contribution in [0.1, 0.15) is 5.56 Å². The van der Waals surface area contributed by atoms with Gasteiger partial charge in [0.1, 0.15) is 18.9 Å². The Hall–Kier alpha value is -0.840. The van der Waals surface area contributed by atoms with Gasteiger partial charge in [0.05, 0.1) is 7.05 Å². The zero-order chi connectivity index (χ0) is 9.10. The van der Waals surface area contributed by atoms with Gasteiger partial charge in [-0.3, -0.25) is 0 Å². The molecule has 0 saturated heterocycles. The van der Waals surface area contributed by atoms with Gasteiger partial charge in [0.15, 0.2) is 0 Å². The Morgan fingerprint density at radius 1 is 1.21 bits per heavy atom. The van der Waals surface area contributed by atoms with Crippen LogP contribution in [-0.4, -0.2) is 4.57 Å². The van der Waals surface area contributed by atoms with E-state index in [0.29, 0.717) is 0 Å². The molecule has 1 aromatic carbocycles. The van der Waals surface area contributed by atoms with Gasteiger partial charge in [-0.2, -0.15) is 0 Å². The number of aryl methyl sites for hydroxylation is 1. The second-order valence-electron chi connectivity index (χ2n) is 3.24. The number of rotatable bonds is 2. The lowest BCUT2D eigenvalue weighted by Gasteiger charge is -1.95. The number of hydrogen-bond acceptors (Lipinski definition) is 0. The summed E-state index contributed by atoms with van der Waals surface area (Å²) in [6, 6.07) is 10.5. The second-order valence-corrected chi connectivity index (χ2v) is 3.24. The highest BCUT2D eigenvalue weighted by molar-refractivity contribution is 5.14. The van der Waals surface area contributed by atoms with Gasteiger partial charge in [0.2, 0.25) is 6.33 Å². The highest BCUT2D eigenvalue weighted by Crippen LogP contribution is 2.00. The minimum Gasteiger partial charge on any atom is -1.00 e. The third-order valence-electron chi connectivity index (χ3n) is 2.03. The normalized spacial score (nSPS) is 9.50. The zero-order valence-electron chi connectivity index (χ0n) is 8.10. The molecule has 14 heavy (non-hydrogen) atoms. The van der Waals surface area contributed by atoms with Crippen LogP contribution >= 0.6 is 0 Å². The van der Waals surface area contributed by atoms with Crippen LogP contribution in [0.25, 0.3) is 0 Å². The molecule has 2 aromatic rings. The Morgan fingerprint density at radius 3 is 2.50 bits per heavy atom. The van der Waals surface area contributed by atoms with Crippen molar-refractivity contribution in [3.63, 3.8) is 0 Å². The van der Waals surface area contributed by atoms with E-state index < -0.39 is 0 Å². The number of halogens is 1. The number of benzene rings is 1. The van der Waals surface area contributed by atoms with Crippen LogP contribution < -0.4 is 28.5 Å². The molecular weight excluding hydrogens is 287 g/mol. The lowest BCUT2D eigenvalue weighted by Crippen LogP contribution is -3.00. The Kier molecular flexibility index (Phi) is 4.13.